The Morgan fingerprint density at radius 1 is 1.42 bits per heavy atom. The number of aliphatic hydroxyl groups excluding tert-OH is 1. The molecule has 4 atom stereocenters. The Hall–Kier alpha value is -1.73. The van der Waals surface area contributed by atoms with Gasteiger partial charge in [-0.2, -0.15) is 0 Å². The van der Waals surface area contributed by atoms with Gasteiger partial charge in [-0.1, -0.05) is 13.8 Å². The number of fused-ring (bicyclic) bond motifs is 1. The predicted molar refractivity (Wildman–Crippen MR) is 69.1 cm³/mol. The largest absolute Gasteiger partial charge is 0.390 e. The van der Waals surface area contributed by atoms with E-state index in [-0.39, 0.29) is 18.2 Å². The quantitative estimate of drug-likeness (QED) is 0.828. The minimum atomic E-state index is -0.480. The molecule has 0 aliphatic carbocycles. The van der Waals surface area contributed by atoms with E-state index in [0.717, 1.165) is 6.42 Å². The second-order valence-electron chi connectivity index (χ2n) is 4.91. The second kappa shape index (κ2) is 4.43. The highest BCUT2D eigenvalue weighted by atomic mass is 16.5. The summed E-state index contributed by atoms with van der Waals surface area (Å²) < 4.78 is 7.72. The molecule has 0 spiro atoms. The van der Waals surface area contributed by atoms with Gasteiger partial charge in [0.1, 0.15) is 18.1 Å². The molecule has 7 heteroatoms. The summed E-state index contributed by atoms with van der Waals surface area (Å²) in [7, 11) is 0. The number of hydrogen-bond donors (Lipinski definition) is 2. The molecule has 1 aliphatic heterocycles. The third-order valence-corrected chi connectivity index (χ3v) is 3.75. The monoisotopic (exact) mass is 263 g/mol. The maximum absolute atomic E-state index is 10.1. The molecule has 0 radical (unpaired) electrons. The van der Waals surface area contributed by atoms with Crippen molar-refractivity contribution in [3.63, 3.8) is 0 Å². The number of nitrogens with zero attached hydrogens (tertiary/aromatic N) is 4. The number of aliphatic hydroxyl groups is 1. The number of imidazole rings is 1. The van der Waals surface area contributed by atoms with Gasteiger partial charge < -0.3 is 15.6 Å². The van der Waals surface area contributed by atoms with Crippen LogP contribution in [0.3, 0.4) is 0 Å². The third kappa shape index (κ3) is 1.77. The molecular weight excluding hydrogens is 246 g/mol. The zero-order chi connectivity index (χ0) is 13.6. The van der Waals surface area contributed by atoms with E-state index >= 15 is 0 Å². The van der Waals surface area contributed by atoms with Gasteiger partial charge in [0.25, 0.3) is 0 Å². The predicted octanol–water partition coefficient (Wildman–Crippen LogP) is 0.713. The average molecular weight is 263 g/mol. The summed E-state index contributed by atoms with van der Waals surface area (Å²) >= 11 is 0. The summed E-state index contributed by atoms with van der Waals surface area (Å²) in [5.74, 6) is 0.320. The van der Waals surface area contributed by atoms with Gasteiger partial charge >= 0.3 is 0 Å². The summed E-state index contributed by atoms with van der Waals surface area (Å²) in [5.41, 5.74) is 6.96. The highest BCUT2D eigenvalue weighted by Gasteiger charge is 2.41. The Morgan fingerprint density at radius 3 is 2.89 bits per heavy atom. The van der Waals surface area contributed by atoms with E-state index in [1.54, 1.807) is 6.33 Å². The van der Waals surface area contributed by atoms with Gasteiger partial charge in [-0.15, -0.1) is 0 Å². The fourth-order valence-electron chi connectivity index (χ4n) is 2.60. The lowest BCUT2D eigenvalue weighted by atomic mass is 10.0. The smallest absolute Gasteiger partial charge is 0.167 e. The zero-order valence-corrected chi connectivity index (χ0v) is 10.9. The molecule has 102 valence electrons. The molecule has 7 nitrogen and oxygen atoms in total. The zero-order valence-electron chi connectivity index (χ0n) is 10.9. The van der Waals surface area contributed by atoms with Gasteiger partial charge in [-0.05, 0) is 6.42 Å². The van der Waals surface area contributed by atoms with Crippen molar-refractivity contribution in [3.05, 3.63) is 12.7 Å². The normalized spacial score (nSPS) is 31.1. The average Bonchev–Trinajstić information content (AvgIpc) is 2.94. The Labute approximate surface area is 110 Å². The number of nitrogen functional groups attached to an aromatic ring is 1. The molecule has 1 unspecified atom stereocenters. The minimum absolute atomic E-state index is 0.0291. The number of rotatable bonds is 2. The van der Waals surface area contributed by atoms with Crippen molar-refractivity contribution in [1.29, 1.82) is 0 Å². The maximum atomic E-state index is 10.1. The number of ether oxygens (including phenoxy) is 1. The summed E-state index contributed by atoms with van der Waals surface area (Å²) in [5, 5.41) is 10.1. The van der Waals surface area contributed by atoms with Crippen LogP contribution < -0.4 is 5.73 Å². The highest BCUT2D eigenvalue weighted by Crippen LogP contribution is 2.37. The Morgan fingerprint density at radius 2 is 2.21 bits per heavy atom. The molecule has 1 saturated heterocycles. The molecule has 3 heterocycles. The van der Waals surface area contributed by atoms with Crippen molar-refractivity contribution in [1.82, 2.24) is 19.5 Å². The van der Waals surface area contributed by atoms with E-state index in [1.807, 2.05) is 18.4 Å². The number of anilines is 1. The van der Waals surface area contributed by atoms with Crippen LogP contribution in [-0.4, -0.2) is 36.8 Å². The Kier molecular flexibility index (Phi) is 2.87. The van der Waals surface area contributed by atoms with Crippen LogP contribution in [0.1, 0.15) is 26.5 Å². The second-order valence-corrected chi connectivity index (χ2v) is 4.91. The first kappa shape index (κ1) is 12.3. The van der Waals surface area contributed by atoms with Crippen LogP contribution in [0, 0.1) is 5.92 Å². The summed E-state index contributed by atoms with van der Waals surface area (Å²) in [6.45, 7) is 3.95. The minimum Gasteiger partial charge on any atom is -0.390 e. The van der Waals surface area contributed by atoms with Gasteiger partial charge in [0, 0.05) is 5.92 Å². The van der Waals surface area contributed by atoms with E-state index in [4.69, 9.17) is 10.5 Å². The van der Waals surface area contributed by atoms with Crippen LogP contribution in [0.2, 0.25) is 0 Å². The fourth-order valence-corrected chi connectivity index (χ4v) is 2.60. The van der Waals surface area contributed by atoms with Crippen molar-refractivity contribution < 1.29 is 9.84 Å². The summed E-state index contributed by atoms with van der Waals surface area (Å²) in [6.07, 6.45) is 2.90. The summed E-state index contributed by atoms with van der Waals surface area (Å²) in [4.78, 5) is 12.3. The molecule has 19 heavy (non-hydrogen) atoms. The molecule has 1 aliphatic rings. The van der Waals surface area contributed by atoms with E-state index in [2.05, 4.69) is 15.0 Å². The number of nitrogens with two attached hydrogens (primary N) is 1. The summed E-state index contributed by atoms with van der Waals surface area (Å²) in [6, 6.07) is 0. The molecule has 2 aromatic rings. The van der Waals surface area contributed by atoms with E-state index in [1.165, 1.54) is 6.33 Å². The standard InChI is InChI=1S/C12H17N5O2/c1-3-7-9(18)6(2)12(19-7)17-5-16-8-10(13)14-4-15-11(8)17/h4-7,9,12,18H,3H2,1-2H3,(H2,13,14,15)/t6?,7-,9+,12-/m1/s1. The van der Waals surface area contributed by atoms with Crippen LogP contribution in [0.5, 0.6) is 0 Å². The molecule has 3 N–H and O–H groups in total. The van der Waals surface area contributed by atoms with Gasteiger partial charge in [-0.3, -0.25) is 4.57 Å². The molecule has 0 amide bonds. The lowest BCUT2D eigenvalue weighted by Crippen LogP contribution is -2.24. The van der Waals surface area contributed by atoms with Gasteiger partial charge in [0.15, 0.2) is 11.5 Å². The van der Waals surface area contributed by atoms with E-state index in [9.17, 15) is 5.11 Å². The van der Waals surface area contributed by atoms with Gasteiger partial charge in [-0.25, -0.2) is 15.0 Å². The molecule has 0 aromatic carbocycles. The maximum Gasteiger partial charge on any atom is 0.167 e. The first-order valence-electron chi connectivity index (χ1n) is 6.40. The first-order chi connectivity index (χ1) is 9.13. The van der Waals surface area contributed by atoms with Crippen LogP contribution in [0.15, 0.2) is 12.7 Å². The van der Waals surface area contributed by atoms with Gasteiger partial charge in [0.05, 0.1) is 18.5 Å². The Bertz CT molecular complexity index is 599. The SMILES string of the molecule is CC[C@H]1O[C@@H](n2cnc3c(N)ncnc32)C(C)[C@@H]1O. The van der Waals surface area contributed by atoms with Crippen LogP contribution in [0.25, 0.3) is 11.2 Å². The Balaban J connectivity index is 2.04. The first-order valence-corrected chi connectivity index (χ1v) is 6.40. The van der Waals surface area contributed by atoms with Crippen molar-refractivity contribution in [2.75, 3.05) is 5.73 Å². The topological polar surface area (TPSA) is 99.1 Å². The van der Waals surface area contributed by atoms with Crippen LogP contribution >= 0.6 is 0 Å². The molecule has 3 rings (SSSR count). The van der Waals surface area contributed by atoms with Crippen molar-refractivity contribution in [2.45, 2.75) is 38.7 Å². The van der Waals surface area contributed by atoms with Crippen molar-refractivity contribution >= 4 is 17.0 Å². The molecule has 2 aromatic heterocycles. The molecule has 0 saturated carbocycles. The number of hydrogen-bond acceptors (Lipinski definition) is 6. The van der Waals surface area contributed by atoms with Gasteiger partial charge in [0.2, 0.25) is 0 Å². The van der Waals surface area contributed by atoms with Crippen molar-refractivity contribution in [2.24, 2.45) is 5.92 Å². The lowest BCUT2D eigenvalue weighted by Gasteiger charge is -2.17. The van der Waals surface area contributed by atoms with E-state index < -0.39 is 6.10 Å². The van der Waals surface area contributed by atoms with E-state index in [0.29, 0.717) is 17.0 Å². The van der Waals surface area contributed by atoms with Crippen LogP contribution in [0.4, 0.5) is 5.82 Å². The molecule has 1 fully saturated rings. The van der Waals surface area contributed by atoms with Crippen LogP contribution in [-0.2, 0) is 4.74 Å². The fraction of sp³-hybridized carbons (Fsp3) is 0.583. The van der Waals surface area contributed by atoms with Crippen molar-refractivity contribution in [3.8, 4) is 0 Å². The molecule has 0 bridgehead atoms. The number of aromatic nitrogens is 4. The molecular formula is C12H17N5O2. The third-order valence-electron chi connectivity index (χ3n) is 3.75. The lowest BCUT2D eigenvalue weighted by molar-refractivity contribution is -0.0210. The highest BCUT2D eigenvalue weighted by molar-refractivity contribution is 5.81.